The van der Waals surface area contributed by atoms with Crippen LogP contribution < -0.4 is 0 Å². The highest BCUT2D eigenvalue weighted by molar-refractivity contribution is 7.26. The predicted molar refractivity (Wildman–Crippen MR) is 168 cm³/mol. The lowest BCUT2D eigenvalue weighted by Crippen LogP contribution is -1.86. The number of thiophene rings is 1. The molecule has 0 atom stereocenters. The summed E-state index contributed by atoms with van der Waals surface area (Å²) in [5.41, 5.74) is 10.0. The van der Waals surface area contributed by atoms with Crippen molar-refractivity contribution in [2.24, 2.45) is 0 Å². The average molecular weight is 540 g/mol. The third-order valence-electron chi connectivity index (χ3n) is 7.45. The van der Waals surface area contributed by atoms with Crippen LogP contribution >= 0.6 is 11.3 Å². The molecule has 0 radical (unpaired) electrons. The fraction of sp³-hybridized carbons (Fsp3) is 0. The molecule has 0 saturated heterocycles. The maximum absolute atomic E-state index is 9.20. The number of aromatic nitrogens is 1. The zero-order valence-corrected chi connectivity index (χ0v) is 22.7. The number of nitrogens with zero attached hydrogens (tertiary/aromatic N) is 3. The second kappa shape index (κ2) is 10.2. The van der Waals surface area contributed by atoms with E-state index in [0.717, 1.165) is 27.9 Å². The Balaban J connectivity index is 1.23. The molecule has 0 N–H and O–H groups in total. The van der Waals surface area contributed by atoms with Crippen LogP contribution in [0.2, 0.25) is 0 Å². The predicted octanol–water partition coefficient (Wildman–Crippen LogP) is 9.86. The largest absolute Gasteiger partial charge is 0.256 e. The molecule has 4 heteroatoms. The summed E-state index contributed by atoms with van der Waals surface area (Å²) in [7, 11) is 0. The van der Waals surface area contributed by atoms with E-state index in [1.165, 1.54) is 36.9 Å². The molecule has 41 heavy (non-hydrogen) atoms. The lowest BCUT2D eigenvalue weighted by Gasteiger charge is -2.07. The summed E-state index contributed by atoms with van der Waals surface area (Å²) in [5.74, 6) is 0. The first-order valence-electron chi connectivity index (χ1n) is 13.2. The van der Waals surface area contributed by atoms with E-state index >= 15 is 0 Å². The van der Waals surface area contributed by atoms with E-state index in [9.17, 15) is 5.26 Å². The van der Waals surface area contributed by atoms with Crippen LogP contribution in [0.25, 0.3) is 64.8 Å². The highest BCUT2D eigenvalue weighted by atomic mass is 32.1. The molecule has 3 nitrogen and oxygen atoms in total. The molecule has 0 aliphatic rings. The minimum atomic E-state index is 0.642. The standard InChI is InChI=1S/C37H21N3S/c38-21-24-7-11-27(12-8-24)31-3-1-5-33-34-6-2-4-32(37(34)41-36(31)33)28-17-15-26(16-18-28)30-19-20-35(40-23-30)29-13-9-25(22-39)10-14-29/h1-20,23H. The SMILES string of the molecule is N#Cc1ccc(-c2ccc(-c3ccc(-c4cccc5c4sc4c(-c6ccc(C#N)cc6)cccc45)cc3)cn2)cc1. The van der Waals surface area contributed by atoms with Gasteiger partial charge in [0.2, 0.25) is 0 Å². The highest BCUT2D eigenvalue weighted by Gasteiger charge is 2.14. The number of benzene rings is 5. The van der Waals surface area contributed by atoms with Gasteiger partial charge in [0.05, 0.1) is 29.0 Å². The Hall–Kier alpha value is -5.55. The molecule has 0 fully saturated rings. The lowest BCUT2D eigenvalue weighted by molar-refractivity contribution is 1.32. The Morgan fingerprint density at radius 2 is 0.927 bits per heavy atom. The molecule has 0 spiro atoms. The molecule has 7 aromatic rings. The fourth-order valence-electron chi connectivity index (χ4n) is 5.29. The van der Waals surface area contributed by atoms with E-state index in [4.69, 9.17) is 5.26 Å². The number of hydrogen-bond acceptors (Lipinski definition) is 4. The second-order valence-corrected chi connectivity index (χ2v) is 10.9. The summed E-state index contributed by atoms with van der Waals surface area (Å²) in [5, 5.41) is 20.7. The second-order valence-electron chi connectivity index (χ2n) is 9.85. The van der Waals surface area contributed by atoms with E-state index < -0.39 is 0 Å². The average Bonchev–Trinajstić information content (AvgIpc) is 3.44. The molecule has 0 saturated carbocycles. The molecule has 190 valence electrons. The van der Waals surface area contributed by atoms with E-state index in [-0.39, 0.29) is 0 Å². The fourth-order valence-corrected chi connectivity index (χ4v) is 6.66. The number of pyridine rings is 1. The van der Waals surface area contributed by atoms with Crippen molar-refractivity contribution < 1.29 is 0 Å². The number of hydrogen-bond donors (Lipinski definition) is 0. The summed E-state index contributed by atoms with van der Waals surface area (Å²) in [6, 6.07) is 45.5. The molecular formula is C37H21N3S. The van der Waals surface area contributed by atoms with Crippen LogP contribution in [0.5, 0.6) is 0 Å². The van der Waals surface area contributed by atoms with Crippen LogP contribution in [-0.4, -0.2) is 4.98 Å². The molecule has 2 aromatic heterocycles. The Morgan fingerprint density at radius 3 is 1.41 bits per heavy atom. The van der Waals surface area contributed by atoms with Gasteiger partial charge in [-0.25, -0.2) is 0 Å². The van der Waals surface area contributed by atoms with Gasteiger partial charge in [0, 0.05) is 37.5 Å². The van der Waals surface area contributed by atoms with Gasteiger partial charge < -0.3 is 0 Å². The van der Waals surface area contributed by atoms with Gasteiger partial charge in [-0.15, -0.1) is 11.3 Å². The maximum Gasteiger partial charge on any atom is 0.0991 e. The molecule has 0 unspecified atom stereocenters. The zero-order chi connectivity index (χ0) is 27.8. The van der Waals surface area contributed by atoms with E-state index in [2.05, 4.69) is 83.9 Å². The van der Waals surface area contributed by atoms with E-state index in [1.807, 2.05) is 72.1 Å². The molecule has 0 amide bonds. The highest BCUT2D eigenvalue weighted by Crippen LogP contribution is 2.43. The Labute approximate surface area is 241 Å². The summed E-state index contributed by atoms with van der Waals surface area (Å²) >= 11 is 1.82. The van der Waals surface area contributed by atoms with Gasteiger partial charge >= 0.3 is 0 Å². The Morgan fingerprint density at radius 1 is 0.463 bits per heavy atom. The topological polar surface area (TPSA) is 60.5 Å². The van der Waals surface area contributed by atoms with Gasteiger partial charge in [0.15, 0.2) is 0 Å². The van der Waals surface area contributed by atoms with Crippen LogP contribution in [0.15, 0.2) is 128 Å². The molecular weight excluding hydrogens is 518 g/mol. The quantitative estimate of drug-likeness (QED) is 0.224. The van der Waals surface area contributed by atoms with Crippen molar-refractivity contribution in [1.29, 1.82) is 10.5 Å². The van der Waals surface area contributed by atoms with Crippen molar-refractivity contribution in [3.8, 4) is 56.8 Å². The Kier molecular flexibility index (Phi) is 6.10. The molecule has 0 aliphatic carbocycles. The van der Waals surface area contributed by atoms with E-state index in [0.29, 0.717) is 11.1 Å². The number of nitriles is 2. The van der Waals surface area contributed by atoms with Crippen LogP contribution in [0.3, 0.4) is 0 Å². The monoisotopic (exact) mass is 539 g/mol. The first-order valence-corrected chi connectivity index (χ1v) is 14.1. The van der Waals surface area contributed by atoms with Gasteiger partial charge in [0.25, 0.3) is 0 Å². The zero-order valence-electron chi connectivity index (χ0n) is 21.9. The smallest absolute Gasteiger partial charge is 0.0991 e. The van der Waals surface area contributed by atoms with Crippen molar-refractivity contribution in [3.05, 3.63) is 139 Å². The minimum Gasteiger partial charge on any atom is -0.256 e. The summed E-state index contributed by atoms with van der Waals surface area (Å²) in [6.07, 6.45) is 1.90. The lowest BCUT2D eigenvalue weighted by atomic mass is 9.98. The number of fused-ring (bicyclic) bond motifs is 3. The van der Waals surface area contributed by atoms with Gasteiger partial charge in [-0.05, 0) is 58.1 Å². The van der Waals surface area contributed by atoms with Crippen molar-refractivity contribution in [2.45, 2.75) is 0 Å². The third-order valence-corrected chi connectivity index (χ3v) is 8.74. The van der Waals surface area contributed by atoms with E-state index in [1.54, 1.807) is 0 Å². The van der Waals surface area contributed by atoms with Crippen LogP contribution in [-0.2, 0) is 0 Å². The molecule has 2 heterocycles. The molecule has 5 aromatic carbocycles. The van der Waals surface area contributed by atoms with Gasteiger partial charge in [-0.2, -0.15) is 10.5 Å². The van der Waals surface area contributed by atoms with Crippen molar-refractivity contribution in [2.75, 3.05) is 0 Å². The summed E-state index contributed by atoms with van der Waals surface area (Å²) < 4.78 is 2.52. The maximum atomic E-state index is 9.20. The third kappa shape index (κ3) is 4.43. The number of rotatable bonds is 4. The van der Waals surface area contributed by atoms with Crippen molar-refractivity contribution in [3.63, 3.8) is 0 Å². The van der Waals surface area contributed by atoms with Gasteiger partial charge in [0.1, 0.15) is 0 Å². The molecule has 0 bridgehead atoms. The normalized spacial score (nSPS) is 10.9. The molecule has 7 rings (SSSR count). The van der Waals surface area contributed by atoms with Gasteiger partial charge in [-0.1, -0.05) is 91.0 Å². The first kappa shape index (κ1) is 24.5. The summed E-state index contributed by atoms with van der Waals surface area (Å²) in [4.78, 5) is 4.67. The minimum absolute atomic E-state index is 0.642. The van der Waals surface area contributed by atoms with Crippen molar-refractivity contribution in [1.82, 2.24) is 4.98 Å². The molecule has 0 aliphatic heterocycles. The summed E-state index contributed by atoms with van der Waals surface area (Å²) in [6.45, 7) is 0. The van der Waals surface area contributed by atoms with Crippen LogP contribution in [0.1, 0.15) is 11.1 Å². The van der Waals surface area contributed by atoms with Crippen molar-refractivity contribution >= 4 is 31.5 Å². The first-order chi connectivity index (χ1) is 20.2. The van der Waals surface area contributed by atoms with Crippen LogP contribution in [0, 0.1) is 22.7 Å². The van der Waals surface area contributed by atoms with Gasteiger partial charge in [-0.3, -0.25) is 4.98 Å². The van der Waals surface area contributed by atoms with Crippen LogP contribution in [0.4, 0.5) is 0 Å². The Bertz CT molecular complexity index is 2120.